The van der Waals surface area contributed by atoms with Crippen molar-refractivity contribution in [2.75, 3.05) is 26.9 Å². The van der Waals surface area contributed by atoms with Gasteiger partial charge in [0, 0.05) is 33.1 Å². The van der Waals surface area contributed by atoms with Crippen molar-refractivity contribution < 1.29 is 19.4 Å². The third kappa shape index (κ3) is 3.61. The second-order valence-electron chi connectivity index (χ2n) is 3.36. The lowest BCUT2D eigenvalue weighted by atomic mass is 10.2. The maximum absolute atomic E-state index is 11.3. The van der Waals surface area contributed by atoms with Crippen LogP contribution in [0.4, 0.5) is 0 Å². The van der Waals surface area contributed by atoms with E-state index < -0.39 is 6.10 Å². The van der Waals surface area contributed by atoms with Gasteiger partial charge in [0.1, 0.15) is 6.04 Å². The second-order valence-corrected chi connectivity index (χ2v) is 3.36. The smallest absolute Gasteiger partial charge is 0.323 e. The van der Waals surface area contributed by atoms with Crippen LogP contribution < -0.4 is 5.32 Å². The molecule has 1 aliphatic heterocycles. The van der Waals surface area contributed by atoms with Gasteiger partial charge in [-0.3, -0.25) is 4.79 Å². The van der Waals surface area contributed by atoms with Gasteiger partial charge < -0.3 is 19.9 Å². The number of ether oxygens (including phenoxy) is 2. The van der Waals surface area contributed by atoms with Gasteiger partial charge in [0.25, 0.3) is 0 Å². The first-order valence-electron chi connectivity index (χ1n) is 4.81. The zero-order valence-corrected chi connectivity index (χ0v) is 8.36. The minimum Gasteiger partial charge on any atom is -0.464 e. The fourth-order valence-corrected chi connectivity index (χ4v) is 1.37. The highest BCUT2D eigenvalue weighted by Gasteiger charge is 2.28. The van der Waals surface area contributed by atoms with Gasteiger partial charge in [-0.2, -0.15) is 0 Å². The van der Waals surface area contributed by atoms with Crippen LogP contribution in [0.1, 0.15) is 12.8 Å². The van der Waals surface area contributed by atoms with E-state index in [-0.39, 0.29) is 12.0 Å². The van der Waals surface area contributed by atoms with Crippen LogP contribution in [0.2, 0.25) is 0 Å². The van der Waals surface area contributed by atoms with Crippen molar-refractivity contribution in [1.82, 2.24) is 5.32 Å². The van der Waals surface area contributed by atoms with Crippen LogP contribution in [-0.4, -0.2) is 50.1 Å². The lowest BCUT2D eigenvalue weighted by molar-refractivity contribution is -0.146. The Hall–Kier alpha value is -0.650. The Bertz CT molecular complexity index is 186. The minimum atomic E-state index is -0.425. The first-order valence-corrected chi connectivity index (χ1v) is 4.81. The highest BCUT2D eigenvalue weighted by atomic mass is 16.5. The quantitative estimate of drug-likeness (QED) is 0.456. The van der Waals surface area contributed by atoms with Crippen LogP contribution in [0.25, 0.3) is 0 Å². The van der Waals surface area contributed by atoms with Crippen molar-refractivity contribution in [1.29, 1.82) is 0 Å². The summed E-state index contributed by atoms with van der Waals surface area (Å²) in [5, 5.41) is 12.1. The molecule has 1 aliphatic rings. The number of carbonyl (C=O) groups is 1. The van der Waals surface area contributed by atoms with Gasteiger partial charge in [-0.15, -0.1) is 0 Å². The van der Waals surface area contributed by atoms with Gasteiger partial charge in [0.05, 0.1) is 12.7 Å². The Kier molecular flexibility index (Phi) is 4.86. The summed E-state index contributed by atoms with van der Waals surface area (Å²) in [6.07, 6.45) is 0.729. The summed E-state index contributed by atoms with van der Waals surface area (Å²) < 4.78 is 9.80. The van der Waals surface area contributed by atoms with E-state index in [1.165, 1.54) is 0 Å². The van der Waals surface area contributed by atoms with E-state index in [0.717, 1.165) is 0 Å². The van der Waals surface area contributed by atoms with Crippen molar-refractivity contribution in [2.45, 2.75) is 25.0 Å². The summed E-state index contributed by atoms with van der Waals surface area (Å²) in [6.45, 7) is 1.44. The zero-order chi connectivity index (χ0) is 10.4. The number of β-amino-alcohol motifs (C(OH)–C–C–N with tert-alkyl or cyclic N) is 1. The molecular weight excluding hydrogens is 186 g/mol. The molecule has 0 radical (unpaired) electrons. The zero-order valence-electron chi connectivity index (χ0n) is 8.36. The van der Waals surface area contributed by atoms with Crippen molar-refractivity contribution >= 4 is 5.97 Å². The molecule has 0 bridgehead atoms. The number of carbonyl (C=O) groups excluding carboxylic acids is 1. The molecule has 2 N–H and O–H groups in total. The Labute approximate surface area is 83.4 Å². The summed E-state index contributed by atoms with van der Waals surface area (Å²) in [6, 6.07) is -0.340. The van der Waals surface area contributed by atoms with Gasteiger partial charge in [-0.05, 0) is 0 Å². The first kappa shape index (κ1) is 11.4. The summed E-state index contributed by atoms with van der Waals surface area (Å²) in [5.74, 6) is -0.280. The van der Waals surface area contributed by atoms with E-state index in [0.29, 0.717) is 32.6 Å². The van der Waals surface area contributed by atoms with Crippen LogP contribution in [0.3, 0.4) is 0 Å². The van der Waals surface area contributed by atoms with E-state index in [1.807, 2.05) is 0 Å². The third-order valence-corrected chi connectivity index (χ3v) is 2.13. The molecule has 0 aromatic heterocycles. The standard InChI is InChI=1S/C9H17NO4/c1-13-3-2-4-14-9(12)8-5-7(11)6-10-8/h7-8,10-11H,2-6H2,1H3/t7-,8-/m1/s1. The number of methoxy groups -OCH3 is 1. The fraction of sp³-hybridized carbons (Fsp3) is 0.889. The van der Waals surface area contributed by atoms with Crippen molar-refractivity contribution in [2.24, 2.45) is 0 Å². The van der Waals surface area contributed by atoms with Crippen LogP contribution in [0, 0.1) is 0 Å². The summed E-state index contributed by atoms with van der Waals surface area (Å²) >= 11 is 0. The minimum absolute atomic E-state index is 0.280. The second kappa shape index (κ2) is 5.95. The highest BCUT2D eigenvalue weighted by Crippen LogP contribution is 2.07. The van der Waals surface area contributed by atoms with Crippen LogP contribution in [0.15, 0.2) is 0 Å². The van der Waals surface area contributed by atoms with E-state index in [2.05, 4.69) is 5.32 Å². The molecule has 0 aliphatic carbocycles. The molecule has 0 unspecified atom stereocenters. The van der Waals surface area contributed by atoms with Crippen molar-refractivity contribution in [3.05, 3.63) is 0 Å². The average Bonchev–Trinajstić information content (AvgIpc) is 2.59. The molecule has 1 rings (SSSR count). The average molecular weight is 203 g/mol. The Morgan fingerprint density at radius 3 is 2.93 bits per heavy atom. The van der Waals surface area contributed by atoms with E-state index >= 15 is 0 Å². The molecule has 14 heavy (non-hydrogen) atoms. The van der Waals surface area contributed by atoms with Gasteiger partial charge in [0.15, 0.2) is 0 Å². The largest absolute Gasteiger partial charge is 0.464 e. The number of aliphatic hydroxyl groups is 1. The molecule has 1 fully saturated rings. The monoisotopic (exact) mass is 203 g/mol. The molecule has 0 saturated carbocycles. The fourth-order valence-electron chi connectivity index (χ4n) is 1.37. The number of esters is 1. The molecular formula is C9H17NO4. The third-order valence-electron chi connectivity index (χ3n) is 2.13. The van der Waals surface area contributed by atoms with Gasteiger partial charge in [-0.1, -0.05) is 0 Å². The van der Waals surface area contributed by atoms with Crippen molar-refractivity contribution in [3.63, 3.8) is 0 Å². The highest BCUT2D eigenvalue weighted by molar-refractivity contribution is 5.76. The van der Waals surface area contributed by atoms with Gasteiger partial charge in [-0.25, -0.2) is 0 Å². The molecule has 82 valence electrons. The number of hydrogen-bond donors (Lipinski definition) is 2. The molecule has 2 atom stereocenters. The SMILES string of the molecule is COCCCOC(=O)[C@H]1C[C@@H](O)CN1. The molecule has 1 heterocycles. The van der Waals surface area contributed by atoms with Crippen LogP contribution in [0.5, 0.6) is 0 Å². The summed E-state index contributed by atoms with van der Waals surface area (Å²) in [5.41, 5.74) is 0. The summed E-state index contributed by atoms with van der Waals surface area (Å²) in [7, 11) is 1.61. The molecule has 1 saturated heterocycles. The number of rotatable bonds is 5. The molecule has 5 nitrogen and oxygen atoms in total. The van der Waals surface area contributed by atoms with Crippen molar-refractivity contribution in [3.8, 4) is 0 Å². The topological polar surface area (TPSA) is 67.8 Å². The number of hydrogen-bond acceptors (Lipinski definition) is 5. The molecule has 5 heteroatoms. The Balaban J connectivity index is 2.09. The predicted molar refractivity (Wildman–Crippen MR) is 49.9 cm³/mol. The van der Waals surface area contributed by atoms with E-state index in [1.54, 1.807) is 7.11 Å². The van der Waals surface area contributed by atoms with Gasteiger partial charge in [0.2, 0.25) is 0 Å². The molecule has 0 amide bonds. The first-order chi connectivity index (χ1) is 6.74. The molecule has 0 aromatic carbocycles. The Morgan fingerprint density at radius 1 is 1.57 bits per heavy atom. The Morgan fingerprint density at radius 2 is 2.36 bits per heavy atom. The maximum Gasteiger partial charge on any atom is 0.323 e. The number of aliphatic hydroxyl groups excluding tert-OH is 1. The van der Waals surface area contributed by atoms with Crippen LogP contribution in [-0.2, 0) is 14.3 Å². The molecule has 0 aromatic rings. The normalized spacial score (nSPS) is 26.4. The predicted octanol–water partition coefficient (Wildman–Crippen LogP) is -0.711. The van der Waals surface area contributed by atoms with Gasteiger partial charge >= 0.3 is 5.97 Å². The van der Waals surface area contributed by atoms with E-state index in [4.69, 9.17) is 14.6 Å². The maximum atomic E-state index is 11.3. The molecule has 0 spiro atoms. The lowest BCUT2D eigenvalue weighted by Gasteiger charge is -2.09. The number of nitrogens with one attached hydrogen (secondary N) is 1. The summed E-state index contributed by atoms with van der Waals surface area (Å²) in [4.78, 5) is 11.3. The van der Waals surface area contributed by atoms with E-state index in [9.17, 15) is 4.79 Å². The van der Waals surface area contributed by atoms with Crippen LogP contribution >= 0.6 is 0 Å². The lowest BCUT2D eigenvalue weighted by Crippen LogP contribution is -2.32.